The van der Waals surface area contributed by atoms with Crippen molar-refractivity contribution in [1.82, 2.24) is 5.32 Å². The van der Waals surface area contributed by atoms with E-state index in [1.165, 1.54) is 23.5 Å². The minimum absolute atomic E-state index is 0.160. The molecule has 2 saturated heterocycles. The zero-order valence-electron chi connectivity index (χ0n) is 12.8. The molecule has 0 radical (unpaired) electrons. The third kappa shape index (κ3) is 3.93. The Balaban J connectivity index is 1.53. The minimum Gasteiger partial charge on any atom is -0.494 e. The van der Waals surface area contributed by atoms with Crippen molar-refractivity contribution in [2.24, 2.45) is 0 Å². The third-order valence-corrected chi connectivity index (χ3v) is 5.59. The van der Waals surface area contributed by atoms with Gasteiger partial charge in [-0.25, -0.2) is 0 Å². The smallest absolute Gasteiger partial charge is 0.119 e. The molecule has 21 heavy (non-hydrogen) atoms. The number of benzene rings is 1. The van der Waals surface area contributed by atoms with Crippen molar-refractivity contribution < 1.29 is 9.47 Å². The van der Waals surface area contributed by atoms with Crippen molar-refractivity contribution in [3.63, 3.8) is 0 Å². The quantitative estimate of drug-likeness (QED) is 0.905. The maximum atomic E-state index is 6.08. The zero-order chi connectivity index (χ0) is 14.5. The highest BCUT2D eigenvalue weighted by Gasteiger charge is 2.40. The van der Waals surface area contributed by atoms with Gasteiger partial charge in [0, 0.05) is 24.9 Å². The van der Waals surface area contributed by atoms with E-state index in [1.807, 2.05) is 24.8 Å². The lowest BCUT2D eigenvalue weighted by Gasteiger charge is -2.38. The molecule has 0 aliphatic carbocycles. The van der Waals surface area contributed by atoms with E-state index in [1.54, 1.807) is 0 Å². The van der Waals surface area contributed by atoms with Crippen LogP contribution >= 0.6 is 11.8 Å². The van der Waals surface area contributed by atoms with Crippen molar-refractivity contribution >= 4 is 11.8 Å². The minimum atomic E-state index is 0.160. The summed E-state index contributed by atoms with van der Waals surface area (Å²) in [5.41, 5.74) is 1.45. The second-order valence-corrected chi connectivity index (χ2v) is 7.09. The van der Waals surface area contributed by atoms with Crippen LogP contribution in [0.15, 0.2) is 24.3 Å². The van der Waals surface area contributed by atoms with E-state index in [4.69, 9.17) is 9.47 Å². The van der Waals surface area contributed by atoms with E-state index in [2.05, 4.69) is 23.5 Å². The van der Waals surface area contributed by atoms with E-state index in [0.29, 0.717) is 6.04 Å². The number of hydrogen-bond acceptors (Lipinski definition) is 4. The highest BCUT2D eigenvalue weighted by Crippen LogP contribution is 2.38. The van der Waals surface area contributed by atoms with Gasteiger partial charge in [-0.2, -0.15) is 11.8 Å². The Kier molecular flexibility index (Phi) is 5.09. The van der Waals surface area contributed by atoms with Crippen LogP contribution < -0.4 is 10.1 Å². The van der Waals surface area contributed by atoms with Crippen LogP contribution in [0.1, 0.15) is 31.7 Å². The fourth-order valence-corrected chi connectivity index (χ4v) is 4.62. The molecule has 2 aliphatic rings. The molecule has 1 aromatic rings. The Labute approximate surface area is 131 Å². The van der Waals surface area contributed by atoms with Crippen molar-refractivity contribution in [2.45, 2.75) is 44.4 Å². The van der Waals surface area contributed by atoms with Crippen molar-refractivity contribution in [3.05, 3.63) is 29.8 Å². The van der Waals surface area contributed by atoms with Gasteiger partial charge in [0.05, 0.1) is 12.2 Å². The summed E-state index contributed by atoms with van der Waals surface area (Å²) in [5.74, 6) is 3.39. The molecule has 2 unspecified atom stereocenters. The predicted octanol–water partition coefficient (Wildman–Crippen LogP) is 3.23. The first-order valence-electron chi connectivity index (χ1n) is 7.96. The summed E-state index contributed by atoms with van der Waals surface area (Å²) < 4.78 is 11.6. The van der Waals surface area contributed by atoms with Gasteiger partial charge in [0.2, 0.25) is 0 Å². The third-order valence-electron chi connectivity index (χ3n) is 4.36. The van der Waals surface area contributed by atoms with Gasteiger partial charge < -0.3 is 14.8 Å². The molecule has 2 atom stereocenters. The fourth-order valence-electron chi connectivity index (χ4n) is 3.24. The largest absolute Gasteiger partial charge is 0.494 e. The second-order valence-electron chi connectivity index (χ2n) is 5.99. The monoisotopic (exact) mass is 307 g/mol. The molecule has 2 heterocycles. The van der Waals surface area contributed by atoms with Gasteiger partial charge in [-0.05, 0) is 49.6 Å². The number of rotatable bonds is 5. The maximum Gasteiger partial charge on any atom is 0.119 e. The number of nitrogens with one attached hydrogen (secondary N) is 1. The summed E-state index contributed by atoms with van der Waals surface area (Å²) in [4.78, 5) is 0. The first-order valence-corrected chi connectivity index (χ1v) is 9.12. The number of thioether (sulfide) groups is 1. The average molecular weight is 307 g/mol. The molecule has 4 heteroatoms. The predicted molar refractivity (Wildman–Crippen MR) is 88.1 cm³/mol. The zero-order valence-corrected chi connectivity index (χ0v) is 13.6. The van der Waals surface area contributed by atoms with Crippen LogP contribution in [0.5, 0.6) is 5.75 Å². The van der Waals surface area contributed by atoms with Gasteiger partial charge in [0.1, 0.15) is 5.75 Å². The maximum absolute atomic E-state index is 6.08. The molecule has 3 nitrogen and oxygen atoms in total. The Morgan fingerprint density at radius 1 is 1.48 bits per heavy atom. The average Bonchev–Trinajstić information content (AvgIpc) is 2.94. The molecule has 2 fully saturated rings. The van der Waals surface area contributed by atoms with Crippen LogP contribution in [-0.4, -0.2) is 36.4 Å². The first-order chi connectivity index (χ1) is 10.3. The SMILES string of the molecule is CCOc1cccc(CNC2CCOC3(CCSC3)C2)c1. The van der Waals surface area contributed by atoms with Gasteiger partial charge in [-0.3, -0.25) is 0 Å². The number of hydrogen-bond donors (Lipinski definition) is 1. The van der Waals surface area contributed by atoms with E-state index < -0.39 is 0 Å². The van der Waals surface area contributed by atoms with E-state index in [-0.39, 0.29) is 5.60 Å². The fraction of sp³-hybridized carbons (Fsp3) is 0.647. The molecular weight excluding hydrogens is 282 g/mol. The standard InChI is InChI=1S/C17H25NO2S/c1-2-19-16-5-3-4-14(10-16)12-18-15-6-8-20-17(11-15)7-9-21-13-17/h3-5,10,15,18H,2,6-9,11-13H2,1H3. The first kappa shape index (κ1) is 15.2. The molecule has 1 spiro atoms. The number of ether oxygens (including phenoxy) is 2. The van der Waals surface area contributed by atoms with Crippen LogP contribution in [0.3, 0.4) is 0 Å². The highest BCUT2D eigenvalue weighted by molar-refractivity contribution is 7.99. The Morgan fingerprint density at radius 2 is 2.43 bits per heavy atom. The molecule has 1 aromatic carbocycles. The van der Waals surface area contributed by atoms with Crippen LogP contribution in [0, 0.1) is 0 Å². The lowest BCUT2D eigenvalue weighted by Crippen LogP contribution is -2.47. The molecule has 0 aromatic heterocycles. The topological polar surface area (TPSA) is 30.5 Å². The lowest BCUT2D eigenvalue weighted by molar-refractivity contribution is -0.0703. The molecule has 0 amide bonds. The normalized spacial score (nSPS) is 28.9. The van der Waals surface area contributed by atoms with E-state index >= 15 is 0 Å². The van der Waals surface area contributed by atoms with Gasteiger partial charge in [-0.1, -0.05) is 12.1 Å². The van der Waals surface area contributed by atoms with Gasteiger partial charge >= 0.3 is 0 Å². The van der Waals surface area contributed by atoms with Crippen molar-refractivity contribution in [2.75, 3.05) is 24.7 Å². The van der Waals surface area contributed by atoms with Crippen LogP contribution in [0.4, 0.5) is 0 Å². The van der Waals surface area contributed by atoms with Gasteiger partial charge in [-0.15, -0.1) is 0 Å². The van der Waals surface area contributed by atoms with E-state index in [9.17, 15) is 0 Å². The summed E-state index contributed by atoms with van der Waals surface area (Å²) in [6.07, 6.45) is 3.50. The van der Waals surface area contributed by atoms with Gasteiger partial charge in [0.15, 0.2) is 0 Å². The Bertz CT molecular complexity index is 460. The molecule has 2 aliphatic heterocycles. The summed E-state index contributed by atoms with van der Waals surface area (Å²) >= 11 is 2.03. The highest BCUT2D eigenvalue weighted by atomic mass is 32.2. The van der Waals surface area contributed by atoms with Crippen molar-refractivity contribution in [1.29, 1.82) is 0 Å². The molecule has 0 bridgehead atoms. The Morgan fingerprint density at radius 3 is 3.24 bits per heavy atom. The summed E-state index contributed by atoms with van der Waals surface area (Å²) in [7, 11) is 0. The Hall–Kier alpha value is -0.710. The molecule has 0 saturated carbocycles. The van der Waals surface area contributed by atoms with Crippen molar-refractivity contribution in [3.8, 4) is 5.75 Å². The van der Waals surface area contributed by atoms with E-state index in [0.717, 1.165) is 38.3 Å². The van der Waals surface area contributed by atoms with Crippen LogP contribution in [0.2, 0.25) is 0 Å². The molecular formula is C17H25NO2S. The van der Waals surface area contributed by atoms with Gasteiger partial charge in [0.25, 0.3) is 0 Å². The molecule has 116 valence electrons. The second kappa shape index (κ2) is 7.03. The van der Waals surface area contributed by atoms with Crippen LogP contribution in [0.25, 0.3) is 0 Å². The summed E-state index contributed by atoms with van der Waals surface area (Å²) in [6.45, 7) is 4.55. The van der Waals surface area contributed by atoms with Crippen LogP contribution in [-0.2, 0) is 11.3 Å². The summed E-state index contributed by atoms with van der Waals surface area (Å²) in [6, 6.07) is 8.97. The summed E-state index contributed by atoms with van der Waals surface area (Å²) in [5, 5.41) is 3.71. The molecule has 1 N–H and O–H groups in total. The molecule has 3 rings (SSSR count). The lowest BCUT2D eigenvalue weighted by atomic mass is 9.90.